The van der Waals surface area contributed by atoms with Crippen molar-refractivity contribution in [3.63, 3.8) is 0 Å². The number of halogens is 1. The van der Waals surface area contributed by atoms with Crippen LogP contribution in [0.2, 0.25) is 5.02 Å². The first-order valence-corrected chi connectivity index (χ1v) is 10.3. The van der Waals surface area contributed by atoms with Gasteiger partial charge in [0.05, 0.1) is 12.4 Å². The third-order valence-corrected chi connectivity index (χ3v) is 6.52. The number of hydrogen-bond acceptors (Lipinski definition) is 4. The van der Waals surface area contributed by atoms with Crippen LogP contribution in [-0.4, -0.2) is 51.5 Å². The molecule has 1 aromatic carbocycles. The van der Waals surface area contributed by atoms with E-state index in [0.29, 0.717) is 43.1 Å². The van der Waals surface area contributed by atoms with Crippen LogP contribution in [0, 0.1) is 5.92 Å². The van der Waals surface area contributed by atoms with Gasteiger partial charge in [-0.2, -0.15) is 0 Å². The van der Waals surface area contributed by atoms with Crippen LogP contribution < -0.4 is 5.32 Å². The lowest BCUT2D eigenvalue weighted by Gasteiger charge is -2.31. The molecule has 140 valence electrons. The number of amides is 1. The molecule has 1 amide bonds. The maximum Gasteiger partial charge on any atom is 0.223 e. The van der Waals surface area contributed by atoms with Gasteiger partial charge < -0.3 is 10.1 Å². The van der Waals surface area contributed by atoms with Gasteiger partial charge in [-0.3, -0.25) is 4.79 Å². The van der Waals surface area contributed by atoms with Gasteiger partial charge in [-0.15, -0.1) is 0 Å². The summed E-state index contributed by atoms with van der Waals surface area (Å²) in [4.78, 5) is 12.2. The van der Waals surface area contributed by atoms with Crippen molar-refractivity contribution in [2.24, 2.45) is 5.92 Å². The molecule has 25 heavy (non-hydrogen) atoms. The molecule has 0 radical (unpaired) electrons. The Kier molecular flexibility index (Phi) is 7.25. The number of nitrogens with zero attached hydrogens (tertiary/aromatic N) is 1. The topological polar surface area (TPSA) is 75.7 Å². The molecular formula is C17H25ClN2O4S. The Morgan fingerprint density at radius 2 is 2.00 bits per heavy atom. The normalized spacial score (nSPS) is 18.0. The molecule has 0 aliphatic carbocycles. The summed E-state index contributed by atoms with van der Waals surface area (Å²) in [7, 11) is -1.85. The predicted octanol–water partition coefficient (Wildman–Crippen LogP) is 2.03. The number of sulfonamides is 1. The highest BCUT2D eigenvalue weighted by atomic mass is 35.5. The summed E-state index contributed by atoms with van der Waals surface area (Å²) in [6, 6.07) is 6.89. The summed E-state index contributed by atoms with van der Waals surface area (Å²) in [6.45, 7) is 3.04. The molecule has 2 rings (SSSR count). The Hall–Kier alpha value is -1.15. The maximum absolute atomic E-state index is 12.6. The molecule has 8 heteroatoms. The van der Waals surface area contributed by atoms with Crippen LogP contribution in [0.4, 0.5) is 0 Å². The summed E-state index contributed by atoms with van der Waals surface area (Å²) in [5.74, 6) is -0.312. The molecule has 0 saturated carbocycles. The number of hydrogen-bond donors (Lipinski definition) is 1. The Balaban J connectivity index is 1.90. The van der Waals surface area contributed by atoms with Gasteiger partial charge in [0.25, 0.3) is 0 Å². The number of benzene rings is 1. The van der Waals surface area contributed by atoms with Crippen molar-refractivity contribution >= 4 is 27.5 Å². The first kappa shape index (κ1) is 20.2. The SMILES string of the molecule is COC[C@H](C)NC(=O)C1CCN(S(=O)(=O)Cc2ccccc2Cl)CC1. The molecule has 1 heterocycles. The van der Waals surface area contributed by atoms with E-state index in [1.54, 1.807) is 31.4 Å². The van der Waals surface area contributed by atoms with Crippen LogP contribution in [0.3, 0.4) is 0 Å². The van der Waals surface area contributed by atoms with E-state index in [0.717, 1.165) is 0 Å². The Bertz CT molecular complexity index is 688. The highest BCUT2D eigenvalue weighted by molar-refractivity contribution is 7.88. The lowest BCUT2D eigenvalue weighted by atomic mass is 9.97. The van der Waals surface area contributed by atoms with E-state index >= 15 is 0 Å². The van der Waals surface area contributed by atoms with Gasteiger partial charge in [0.15, 0.2) is 0 Å². The van der Waals surface area contributed by atoms with Crippen molar-refractivity contribution in [1.29, 1.82) is 0 Å². The molecule has 1 fully saturated rings. The van der Waals surface area contributed by atoms with Gasteiger partial charge in [0.2, 0.25) is 15.9 Å². The number of methoxy groups -OCH3 is 1. The number of rotatable bonds is 7. The van der Waals surface area contributed by atoms with E-state index in [1.165, 1.54) is 4.31 Å². The lowest BCUT2D eigenvalue weighted by molar-refractivity contribution is -0.127. The van der Waals surface area contributed by atoms with Crippen molar-refractivity contribution in [3.8, 4) is 0 Å². The second kappa shape index (κ2) is 8.98. The highest BCUT2D eigenvalue weighted by Crippen LogP contribution is 2.24. The Morgan fingerprint density at radius 3 is 2.60 bits per heavy atom. The number of carbonyl (C=O) groups excluding carboxylic acids is 1. The van der Waals surface area contributed by atoms with E-state index in [2.05, 4.69) is 5.32 Å². The summed E-state index contributed by atoms with van der Waals surface area (Å²) in [5, 5.41) is 3.35. The minimum atomic E-state index is -3.44. The van der Waals surface area contributed by atoms with E-state index in [9.17, 15) is 13.2 Å². The molecule has 1 aliphatic heterocycles. The van der Waals surface area contributed by atoms with Gasteiger partial charge in [0, 0.05) is 37.2 Å². The average Bonchev–Trinajstić information content (AvgIpc) is 2.57. The van der Waals surface area contributed by atoms with E-state index < -0.39 is 10.0 Å². The van der Waals surface area contributed by atoms with Crippen molar-refractivity contribution in [2.75, 3.05) is 26.8 Å². The van der Waals surface area contributed by atoms with Crippen LogP contribution in [-0.2, 0) is 25.3 Å². The second-order valence-electron chi connectivity index (χ2n) is 6.39. The summed E-state index contributed by atoms with van der Waals surface area (Å²) < 4.78 is 31.7. The molecule has 1 N–H and O–H groups in total. The van der Waals surface area contributed by atoms with Crippen molar-refractivity contribution < 1.29 is 17.9 Å². The zero-order valence-corrected chi connectivity index (χ0v) is 16.1. The van der Waals surface area contributed by atoms with Crippen LogP contribution in [0.5, 0.6) is 0 Å². The largest absolute Gasteiger partial charge is 0.383 e. The van der Waals surface area contributed by atoms with Gasteiger partial charge in [-0.1, -0.05) is 29.8 Å². The Labute approximate surface area is 154 Å². The molecule has 6 nitrogen and oxygen atoms in total. The fourth-order valence-electron chi connectivity index (χ4n) is 2.95. The smallest absolute Gasteiger partial charge is 0.223 e. The maximum atomic E-state index is 12.6. The third kappa shape index (κ3) is 5.67. The number of nitrogens with one attached hydrogen (secondary N) is 1. The summed E-state index contributed by atoms with van der Waals surface area (Å²) >= 11 is 6.06. The van der Waals surface area contributed by atoms with Crippen LogP contribution in [0.25, 0.3) is 0 Å². The third-order valence-electron chi connectivity index (χ3n) is 4.32. The number of piperidine rings is 1. The first-order chi connectivity index (χ1) is 11.8. The summed E-state index contributed by atoms with van der Waals surface area (Å²) in [6.07, 6.45) is 1.04. The molecule has 1 aliphatic rings. The molecule has 0 bridgehead atoms. The zero-order valence-electron chi connectivity index (χ0n) is 14.6. The number of ether oxygens (including phenoxy) is 1. The minimum Gasteiger partial charge on any atom is -0.383 e. The van der Waals surface area contributed by atoms with Crippen molar-refractivity contribution in [2.45, 2.75) is 31.6 Å². The van der Waals surface area contributed by atoms with Crippen molar-refractivity contribution in [3.05, 3.63) is 34.9 Å². The van der Waals surface area contributed by atoms with E-state index in [-0.39, 0.29) is 23.6 Å². The predicted molar refractivity (Wildman–Crippen MR) is 97.9 cm³/mol. The van der Waals surface area contributed by atoms with Gasteiger partial charge >= 0.3 is 0 Å². The highest BCUT2D eigenvalue weighted by Gasteiger charge is 2.31. The molecule has 1 saturated heterocycles. The molecule has 0 unspecified atom stereocenters. The van der Waals surface area contributed by atoms with Crippen molar-refractivity contribution in [1.82, 2.24) is 9.62 Å². The van der Waals surface area contributed by atoms with E-state index in [1.807, 2.05) is 6.92 Å². The van der Waals surface area contributed by atoms with E-state index in [4.69, 9.17) is 16.3 Å². The molecular weight excluding hydrogens is 364 g/mol. The fourth-order valence-corrected chi connectivity index (χ4v) is 4.83. The molecule has 1 atom stereocenters. The average molecular weight is 389 g/mol. The minimum absolute atomic E-state index is 0.0345. The monoisotopic (exact) mass is 388 g/mol. The lowest BCUT2D eigenvalue weighted by Crippen LogP contribution is -2.45. The van der Waals surface area contributed by atoms with Gasteiger partial charge in [0.1, 0.15) is 0 Å². The molecule has 0 aromatic heterocycles. The zero-order chi connectivity index (χ0) is 18.4. The molecule has 0 spiro atoms. The summed E-state index contributed by atoms with van der Waals surface area (Å²) in [5.41, 5.74) is 0.595. The Morgan fingerprint density at radius 1 is 1.36 bits per heavy atom. The van der Waals surface area contributed by atoms with Gasteiger partial charge in [-0.25, -0.2) is 12.7 Å². The first-order valence-electron chi connectivity index (χ1n) is 8.34. The standard InChI is InChI=1S/C17H25ClN2O4S/c1-13(11-24-2)19-17(21)14-7-9-20(10-8-14)25(22,23)12-15-5-3-4-6-16(15)18/h3-6,13-14H,7-12H2,1-2H3,(H,19,21)/t13-/m0/s1. The van der Waals surface area contributed by atoms with Crippen LogP contribution in [0.1, 0.15) is 25.3 Å². The second-order valence-corrected chi connectivity index (χ2v) is 8.76. The number of carbonyl (C=O) groups is 1. The quantitative estimate of drug-likeness (QED) is 0.775. The molecule has 1 aromatic rings. The fraction of sp³-hybridized carbons (Fsp3) is 0.588. The van der Waals surface area contributed by atoms with Gasteiger partial charge in [-0.05, 0) is 31.4 Å². The van der Waals surface area contributed by atoms with Crippen LogP contribution >= 0.6 is 11.6 Å². The van der Waals surface area contributed by atoms with Crippen LogP contribution in [0.15, 0.2) is 24.3 Å².